The minimum absolute atomic E-state index is 0.121. The van der Waals surface area contributed by atoms with Crippen molar-refractivity contribution in [3.63, 3.8) is 0 Å². The van der Waals surface area contributed by atoms with Gasteiger partial charge in [-0.05, 0) is 50.2 Å². The summed E-state index contributed by atoms with van der Waals surface area (Å²) < 4.78 is 32.6. The van der Waals surface area contributed by atoms with E-state index in [2.05, 4.69) is 0 Å². The van der Waals surface area contributed by atoms with Gasteiger partial charge >= 0.3 is 0 Å². The number of fused-ring (bicyclic) bond motifs is 1. The molecule has 1 saturated heterocycles. The molecule has 2 aromatic rings. The zero-order chi connectivity index (χ0) is 23.8. The average molecular weight is 472 g/mol. The van der Waals surface area contributed by atoms with Gasteiger partial charge < -0.3 is 9.64 Å². The fraction of sp³-hybridized carbons (Fsp3) is 0.348. The lowest BCUT2D eigenvalue weighted by atomic mass is 10.1. The van der Waals surface area contributed by atoms with Crippen LogP contribution in [0.3, 0.4) is 0 Å². The molecule has 0 aromatic heterocycles. The Bertz CT molecular complexity index is 1150. The van der Waals surface area contributed by atoms with Gasteiger partial charge in [-0.3, -0.25) is 19.3 Å². The summed E-state index contributed by atoms with van der Waals surface area (Å²) in [6.45, 7) is 4.44. The molecule has 3 amide bonds. The summed E-state index contributed by atoms with van der Waals surface area (Å²) in [5, 5.41) is 0. The second-order valence-corrected chi connectivity index (χ2v) is 9.77. The molecule has 2 aliphatic rings. The number of hydrogen-bond donors (Lipinski definition) is 0. The Labute approximate surface area is 192 Å². The molecule has 174 valence electrons. The zero-order valence-electron chi connectivity index (χ0n) is 18.4. The first-order valence-electron chi connectivity index (χ1n) is 10.7. The van der Waals surface area contributed by atoms with Crippen LogP contribution in [0.15, 0.2) is 53.4 Å². The van der Waals surface area contributed by atoms with E-state index >= 15 is 0 Å². The Hall–Kier alpha value is -3.24. The molecule has 1 atom stereocenters. The topological polar surface area (TPSA) is 104 Å². The van der Waals surface area contributed by atoms with Crippen molar-refractivity contribution in [3.8, 4) is 5.75 Å². The van der Waals surface area contributed by atoms with Crippen molar-refractivity contribution < 1.29 is 27.5 Å². The summed E-state index contributed by atoms with van der Waals surface area (Å²) in [6.07, 6.45) is 0. The van der Waals surface area contributed by atoms with Gasteiger partial charge in [0.2, 0.25) is 15.9 Å². The normalized spacial score (nSPS) is 17.8. The number of rotatable bonds is 6. The molecule has 33 heavy (non-hydrogen) atoms. The van der Waals surface area contributed by atoms with E-state index in [1.807, 2.05) is 6.92 Å². The maximum absolute atomic E-state index is 13.1. The van der Waals surface area contributed by atoms with Crippen molar-refractivity contribution in [1.82, 2.24) is 14.1 Å². The standard InChI is InChI=1S/C23H25N3O6S/c1-3-32-17-8-10-18(11-9-17)33(30,31)25-14-12-24(13-15-25)21(27)16(2)26-22(28)19-6-4-5-7-20(19)23(26)29/h4-11,16H,3,12-15H2,1-2H3. The minimum atomic E-state index is -3.71. The molecule has 0 aliphatic carbocycles. The first kappa shape index (κ1) is 22.9. The van der Waals surface area contributed by atoms with Gasteiger partial charge in [0.1, 0.15) is 11.8 Å². The number of hydrogen-bond acceptors (Lipinski definition) is 6. The highest BCUT2D eigenvalue weighted by Crippen LogP contribution is 2.26. The quantitative estimate of drug-likeness (QED) is 0.593. The van der Waals surface area contributed by atoms with Crippen LogP contribution in [0.4, 0.5) is 0 Å². The maximum atomic E-state index is 13.1. The minimum Gasteiger partial charge on any atom is -0.494 e. The molecule has 4 rings (SSSR count). The molecule has 0 N–H and O–H groups in total. The van der Waals surface area contributed by atoms with E-state index in [0.717, 1.165) is 4.90 Å². The van der Waals surface area contributed by atoms with Crippen LogP contribution in [0, 0.1) is 0 Å². The first-order valence-corrected chi connectivity index (χ1v) is 12.2. The van der Waals surface area contributed by atoms with Crippen molar-refractivity contribution >= 4 is 27.7 Å². The number of ether oxygens (including phenoxy) is 1. The van der Waals surface area contributed by atoms with Gasteiger partial charge in [0.05, 0.1) is 22.6 Å². The summed E-state index contributed by atoms with van der Waals surface area (Å²) in [4.78, 5) is 41.0. The van der Waals surface area contributed by atoms with E-state index in [1.165, 1.54) is 28.3 Å². The Morgan fingerprint density at radius 1 is 0.939 bits per heavy atom. The number of imide groups is 1. The maximum Gasteiger partial charge on any atom is 0.262 e. The lowest BCUT2D eigenvalue weighted by Crippen LogP contribution is -2.55. The largest absolute Gasteiger partial charge is 0.494 e. The SMILES string of the molecule is CCOc1ccc(S(=O)(=O)N2CCN(C(=O)C(C)N3C(=O)c4ccccc4C3=O)CC2)cc1. The number of carbonyl (C=O) groups excluding carboxylic acids is 3. The third-order valence-electron chi connectivity index (χ3n) is 5.89. The predicted molar refractivity (Wildman–Crippen MR) is 119 cm³/mol. The van der Waals surface area contributed by atoms with E-state index < -0.39 is 27.9 Å². The van der Waals surface area contributed by atoms with Crippen LogP contribution >= 0.6 is 0 Å². The van der Waals surface area contributed by atoms with Crippen molar-refractivity contribution in [2.24, 2.45) is 0 Å². The third kappa shape index (κ3) is 4.11. The number of sulfonamides is 1. The van der Waals surface area contributed by atoms with E-state index in [-0.39, 0.29) is 48.1 Å². The Morgan fingerprint density at radius 3 is 2.00 bits per heavy atom. The fourth-order valence-corrected chi connectivity index (χ4v) is 5.53. The number of carbonyl (C=O) groups is 3. The molecule has 2 aromatic carbocycles. The van der Waals surface area contributed by atoms with Crippen molar-refractivity contribution in [2.45, 2.75) is 24.8 Å². The van der Waals surface area contributed by atoms with E-state index in [1.54, 1.807) is 36.4 Å². The second kappa shape index (κ2) is 8.95. The van der Waals surface area contributed by atoms with Crippen molar-refractivity contribution in [1.29, 1.82) is 0 Å². The van der Waals surface area contributed by atoms with E-state index in [9.17, 15) is 22.8 Å². The lowest BCUT2D eigenvalue weighted by Gasteiger charge is -2.36. The second-order valence-electron chi connectivity index (χ2n) is 7.84. The smallest absolute Gasteiger partial charge is 0.262 e. The predicted octanol–water partition coefficient (Wildman–Crippen LogP) is 1.60. The highest BCUT2D eigenvalue weighted by Gasteiger charge is 2.42. The van der Waals surface area contributed by atoms with Crippen LogP contribution in [0.5, 0.6) is 5.75 Å². The molecule has 0 radical (unpaired) electrons. The summed E-state index contributed by atoms with van der Waals surface area (Å²) in [5.74, 6) is -0.780. The number of amides is 3. The molecule has 2 aliphatic heterocycles. The number of nitrogens with zero attached hydrogens (tertiary/aromatic N) is 3. The lowest BCUT2D eigenvalue weighted by molar-refractivity contribution is -0.136. The highest BCUT2D eigenvalue weighted by atomic mass is 32.2. The summed E-state index contributed by atoms with van der Waals surface area (Å²) in [7, 11) is -3.71. The van der Waals surface area contributed by atoms with Crippen molar-refractivity contribution in [3.05, 3.63) is 59.7 Å². The van der Waals surface area contributed by atoms with Gasteiger partial charge in [-0.25, -0.2) is 8.42 Å². The molecular weight excluding hydrogens is 446 g/mol. The average Bonchev–Trinajstić information content (AvgIpc) is 3.09. The van der Waals surface area contributed by atoms with Crippen LogP contribution < -0.4 is 4.74 Å². The third-order valence-corrected chi connectivity index (χ3v) is 7.81. The van der Waals surface area contributed by atoms with Crippen LogP contribution in [-0.4, -0.2) is 79.1 Å². The highest BCUT2D eigenvalue weighted by molar-refractivity contribution is 7.89. The van der Waals surface area contributed by atoms with E-state index in [0.29, 0.717) is 12.4 Å². The summed E-state index contributed by atoms with van der Waals surface area (Å²) >= 11 is 0. The monoisotopic (exact) mass is 471 g/mol. The molecular formula is C23H25N3O6S. The van der Waals surface area contributed by atoms with Gasteiger partial charge in [0, 0.05) is 26.2 Å². The zero-order valence-corrected chi connectivity index (χ0v) is 19.2. The Balaban J connectivity index is 1.41. The summed E-state index contributed by atoms with van der Waals surface area (Å²) in [5.41, 5.74) is 0.571. The van der Waals surface area contributed by atoms with Gasteiger partial charge in [-0.15, -0.1) is 0 Å². The molecule has 0 saturated carbocycles. The molecule has 1 fully saturated rings. The van der Waals surface area contributed by atoms with Crippen molar-refractivity contribution in [2.75, 3.05) is 32.8 Å². The van der Waals surface area contributed by atoms with Gasteiger partial charge in [-0.2, -0.15) is 4.31 Å². The van der Waals surface area contributed by atoms with Crippen LogP contribution in [0.25, 0.3) is 0 Å². The number of piperazine rings is 1. The molecule has 2 heterocycles. The van der Waals surface area contributed by atoms with Gasteiger partial charge in [0.25, 0.3) is 11.8 Å². The van der Waals surface area contributed by atoms with Crippen LogP contribution in [-0.2, 0) is 14.8 Å². The van der Waals surface area contributed by atoms with Crippen LogP contribution in [0.2, 0.25) is 0 Å². The van der Waals surface area contributed by atoms with Gasteiger partial charge in [-0.1, -0.05) is 12.1 Å². The number of benzene rings is 2. The summed E-state index contributed by atoms with van der Waals surface area (Å²) in [6, 6.07) is 11.7. The van der Waals surface area contributed by atoms with E-state index in [4.69, 9.17) is 4.74 Å². The Kier molecular flexibility index (Phi) is 6.22. The fourth-order valence-electron chi connectivity index (χ4n) is 4.11. The first-order chi connectivity index (χ1) is 15.8. The molecule has 1 unspecified atom stereocenters. The molecule has 0 spiro atoms. The molecule has 10 heteroatoms. The molecule has 0 bridgehead atoms. The van der Waals surface area contributed by atoms with Crippen LogP contribution in [0.1, 0.15) is 34.6 Å². The van der Waals surface area contributed by atoms with Gasteiger partial charge in [0.15, 0.2) is 0 Å². The Morgan fingerprint density at radius 2 is 1.48 bits per heavy atom. The molecule has 9 nitrogen and oxygen atoms in total.